The summed E-state index contributed by atoms with van der Waals surface area (Å²) in [6, 6.07) is 8.54. The first-order chi connectivity index (χ1) is 12.5. The maximum absolute atomic E-state index is 12.7. The third-order valence-corrected chi connectivity index (χ3v) is 5.25. The van der Waals surface area contributed by atoms with Gasteiger partial charge in [-0.05, 0) is 63.0 Å². The first-order valence-electron chi connectivity index (χ1n) is 8.89. The predicted molar refractivity (Wildman–Crippen MR) is 102 cm³/mol. The molecule has 3 rings (SSSR count). The standard InChI is InChI=1S/C20H23ClN2O3/c1-14-12-17(21)18(13-22-9-2-3-10-22)23(19(14)24)11-8-15-4-6-16(7-5-15)20(25)26/h4-7,12H,2-3,8-11,13H2,1H3,(H,25,26). The number of likely N-dealkylation sites (tertiary alicyclic amines) is 1. The Morgan fingerprint density at radius 1 is 1.19 bits per heavy atom. The summed E-state index contributed by atoms with van der Waals surface area (Å²) in [5.74, 6) is -0.939. The van der Waals surface area contributed by atoms with E-state index in [1.54, 1.807) is 41.8 Å². The molecule has 1 aliphatic rings. The van der Waals surface area contributed by atoms with Crippen molar-refractivity contribution < 1.29 is 9.90 Å². The van der Waals surface area contributed by atoms with E-state index >= 15 is 0 Å². The summed E-state index contributed by atoms with van der Waals surface area (Å²) in [7, 11) is 0. The number of hydrogen-bond donors (Lipinski definition) is 1. The molecule has 26 heavy (non-hydrogen) atoms. The number of aromatic nitrogens is 1. The molecule has 1 fully saturated rings. The summed E-state index contributed by atoms with van der Waals surface area (Å²) in [5, 5.41) is 9.62. The second-order valence-electron chi connectivity index (χ2n) is 6.81. The van der Waals surface area contributed by atoms with Crippen LogP contribution in [0.5, 0.6) is 0 Å². The van der Waals surface area contributed by atoms with Crippen molar-refractivity contribution in [2.75, 3.05) is 13.1 Å². The number of nitrogens with zero attached hydrogens (tertiary/aromatic N) is 2. The lowest BCUT2D eigenvalue weighted by Crippen LogP contribution is -2.30. The van der Waals surface area contributed by atoms with Gasteiger partial charge in [0.25, 0.3) is 5.56 Å². The lowest BCUT2D eigenvalue weighted by atomic mass is 10.1. The molecule has 0 bridgehead atoms. The highest BCUT2D eigenvalue weighted by atomic mass is 35.5. The van der Waals surface area contributed by atoms with E-state index in [0.717, 1.165) is 24.3 Å². The molecule has 0 spiro atoms. The van der Waals surface area contributed by atoms with Crippen LogP contribution in [0.1, 0.15) is 40.0 Å². The van der Waals surface area contributed by atoms with E-state index in [0.29, 0.717) is 30.1 Å². The van der Waals surface area contributed by atoms with Crippen molar-refractivity contribution in [3.05, 3.63) is 68.1 Å². The van der Waals surface area contributed by atoms with Crippen LogP contribution in [0.4, 0.5) is 0 Å². The summed E-state index contributed by atoms with van der Waals surface area (Å²) >= 11 is 6.47. The molecule has 0 atom stereocenters. The molecule has 138 valence electrons. The summed E-state index contributed by atoms with van der Waals surface area (Å²) < 4.78 is 1.78. The number of aryl methyl sites for hydroxylation is 2. The number of carboxylic acids is 1. The van der Waals surface area contributed by atoms with Gasteiger partial charge in [-0.3, -0.25) is 9.69 Å². The Morgan fingerprint density at radius 3 is 2.46 bits per heavy atom. The number of halogens is 1. The van der Waals surface area contributed by atoms with Crippen LogP contribution in [-0.4, -0.2) is 33.6 Å². The highest BCUT2D eigenvalue weighted by Crippen LogP contribution is 2.20. The number of pyridine rings is 1. The Bertz CT molecular complexity index is 853. The lowest BCUT2D eigenvalue weighted by Gasteiger charge is -2.21. The van der Waals surface area contributed by atoms with Crippen molar-refractivity contribution in [2.24, 2.45) is 0 Å². The normalized spacial score (nSPS) is 14.7. The molecule has 1 aromatic heterocycles. The highest BCUT2D eigenvalue weighted by molar-refractivity contribution is 6.31. The van der Waals surface area contributed by atoms with Gasteiger partial charge >= 0.3 is 5.97 Å². The van der Waals surface area contributed by atoms with Gasteiger partial charge in [-0.15, -0.1) is 0 Å². The second kappa shape index (κ2) is 8.06. The van der Waals surface area contributed by atoms with E-state index in [1.807, 2.05) is 0 Å². The Balaban J connectivity index is 1.83. The average Bonchev–Trinajstić information content (AvgIpc) is 3.13. The van der Waals surface area contributed by atoms with Gasteiger partial charge in [-0.2, -0.15) is 0 Å². The zero-order valence-corrected chi connectivity index (χ0v) is 15.6. The predicted octanol–water partition coefficient (Wildman–Crippen LogP) is 3.35. The Kier molecular flexibility index (Phi) is 5.79. The first-order valence-corrected chi connectivity index (χ1v) is 9.27. The Labute approximate surface area is 157 Å². The van der Waals surface area contributed by atoms with Crippen molar-refractivity contribution >= 4 is 17.6 Å². The van der Waals surface area contributed by atoms with Crippen LogP contribution in [0.3, 0.4) is 0 Å². The summed E-state index contributed by atoms with van der Waals surface area (Å²) in [5.41, 5.74) is 2.75. The number of rotatable bonds is 6. The van der Waals surface area contributed by atoms with Crippen LogP contribution in [0.15, 0.2) is 35.1 Å². The molecule has 2 heterocycles. The molecule has 1 N–H and O–H groups in total. The molecule has 5 nitrogen and oxygen atoms in total. The van der Waals surface area contributed by atoms with Crippen molar-refractivity contribution in [1.82, 2.24) is 9.47 Å². The lowest BCUT2D eigenvalue weighted by molar-refractivity contribution is 0.0697. The third-order valence-electron chi connectivity index (χ3n) is 4.92. The van der Waals surface area contributed by atoms with Gasteiger partial charge in [0.2, 0.25) is 0 Å². The summed E-state index contributed by atoms with van der Waals surface area (Å²) in [4.78, 5) is 26.0. The van der Waals surface area contributed by atoms with Crippen LogP contribution in [0.25, 0.3) is 0 Å². The van der Waals surface area contributed by atoms with Gasteiger partial charge in [0, 0.05) is 18.7 Å². The van der Waals surface area contributed by atoms with Crippen LogP contribution in [0, 0.1) is 6.92 Å². The summed E-state index contributed by atoms with van der Waals surface area (Å²) in [6.07, 6.45) is 3.01. The van der Waals surface area contributed by atoms with Crippen LogP contribution >= 0.6 is 11.6 Å². The fourth-order valence-electron chi connectivity index (χ4n) is 3.40. The second-order valence-corrected chi connectivity index (χ2v) is 7.22. The fraction of sp³-hybridized carbons (Fsp3) is 0.400. The number of aromatic carboxylic acids is 1. The molecule has 0 radical (unpaired) electrons. The highest BCUT2D eigenvalue weighted by Gasteiger charge is 2.18. The molecule has 1 aliphatic heterocycles. The van der Waals surface area contributed by atoms with Gasteiger partial charge < -0.3 is 9.67 Å². The molecule has 1 saturated heterocycles. The zero-order chi connectivity index (χ0) is 18.7. The van der Waals surface area contributed by atoms with Crippen molar-refractivity contribution in [3.63, 3.8) is 0 Å². The van der Waals surface area contributed by atoms with Crippen molar-refractivity contribution in [1.29, 1.82) is 0 Å². The van der Waals surface area contributed by atoms with Gasteiger partial charge in [-0.25, -0.2) is 4.79 Å². The van der Waals surface area contributed by atoms with Crippen molar-refractivity contribution in [2.45, 2.75) is 39.3 Å². The topological polar surface area (TPSA) is 62.5 Å². The molecule has 0 unspecified atom stereocenters. The number of hydrogen-bond acceptors (Lipinski definition) is 3. The minimum absolute atomic E-state index is 0.00856. The van der Waals surface area contributed by atoms with Crippen LogP contribution in [-0.2, 0) is 19.5 Å². The largest absolute Gasteiger partial charge is 0.478 e. The maximum atomic E-state index is 12.7. The molecule has 2 aromatic rings. The molecular weight excluding hydrogens is 352 g/mol. The molecule has 0 saturated carbocycles. The third kappa shape index (κ3) is 4.17. The zero-order valence-electron chi connectivity index (χ0n) is 14.9. The minimum atomic E-state index is -0.939. The van der Waals surface area contributed by atoms with Crippen LogP contribution in [0.2, 0.25) is 5.02 Å². The molecule has 0 aliphatic carbocycles. The van der Waals surface area contributed by atoms with Gasteiger partial charge in [-0.1, -0.05) is 23.7 Å². The van der Waals surface area contributed by atoms with Crippen molar-refractivity contribution in [3.8, 4) is 0 Å². The SMILES string of the molecule is Cc1cc(Cl)c(CN2CCCC2)n(CCc2ccc(C(=O)O)cc2)c1=O. The molecule has 6 heteroatoms. The van der Waals surface area contributed by atoms with Gasteiger partial charge in [0.1, 0.15) is 0 Å². The van der Waals surface area contributed by atoms with Gasteiger partial charge in [0.05, 0.1) is 16.3 Å². The van der Waals surface area contributed by atoms with Gasteiger partial charge in [0.15, 0.2) is 0 Å². The number of carboxylic acid groups (broad SMARTS) is 1. The fourth-order valence-corrected chi connectivity index (χ4v) is 3.73. The van der Waals surface area contributed by atoms with E-state index in [1.165, 1.54) is 12.8 Å². The molecule has 1 aromatic carbocycles. The van der Waals surface area contributed by atoms with E-state index in [-0.39, 0.29) is 11.1 Å². The Morgan fingerprint density at radius 2 is 1.85 bits per heavy atom. The first kappa shape index (κ1) is 18.7. The smallest absolute Gasteiger partial charge is 0.335 e. The van der Waals surface area contributed by atoms with E-state index < -0.39 is 5.97 Å². The number of carbonyl (C=O) groups is 1. The summed E-state index contributed by atoms with van der Waals surface area (Å²) in [6.45, 7) is 5.07. The minimum Gasteiger partial charge on any atom is -0.478 e. The Hall–Kier alpha value is -2.11. The molecular formula is C20H23ClN2O3. The average molecular weight is 375 g/mol. The van der Waals surface area contributed by atoms with Crippen LogP contribution < -0.4 is 5.56 Å². The van der Waals surface area contributed by atoms with E-state index in [2.05, 4.69) is 4.90 Å². The quantitative estimate of drug-likeness (QED) is 0.842. The van der Waals surface area contributed by atoms with E-state index in [9.17, 15) is 9.59 Å². The monoisotopic (exact) mass is 374 g/mol. The van der Waals surface area contributed by atoms with E-state index in [4.69, 9.17) is 16.7 Å². The molecule has 0 amide bonds. The maximum Gasteiger partial charge on any atom is 0.335 e. The number of benzene rings is 1.